The largest absolute Gasteiger partial charge is 0.456 e. The van der Waals surface area contributed by atoms with Crippen LogP contribution < -0.4 is 4.90 Å². The molecule has 0 amide bonds. The smallest absolute Gasteiger partial charge is 0.135 e. The van der Waals surface area contributed by atoms with E-state index < -0.39 is 5.41 Å². The molecule has 274 valence electrons. The van der Waals surface area contributed by atoms with Gasteiger partial charge in [-0.1, -0.05) is 158 Å². The van der Waals surface area contributed by atoms with Crippen molar-refractivity contribution in [3.63, 3.8) is 0 Å². The number of hydrogen-bond acceptors (Lipinski definition) is 2. The zero-order valence-corrected chi connectivity index (χ0v) is 31.7. The first-order valence-corrected chi connectivity index (χ1v) is 19.8. The molecule has 0 aliphatic carbocycles. The van der Waals surface area contributed by atoms with Gasteiger partial charge in [0.25, 0.3) is 0 Å². The third-order valence-corrected chi connectivity index (χ3v) is 11.7. The highest BCUT2D eigenvalue weighted by atomic mass is 16.3. The molecule has 2 heterocycles. The van der Waals surface area contributed by atoms with Gasteiger partial charge in [0.2, 0.25) is 0 Å². The van der Waals surface area contributed by atoms with Crippen molar-refractivity contribution in [1.29, 1.82) is 0 Å². The van der Waals surface area contributed by atoms with E-state index in [1.165, 1.54) is 44.1 Å². The van der Waals surface area contributed by atoms with Gasteiger partial charge in [0.05, 0.1) is 16.4 Å². The highest BCUT2D eigenvalue weighted by Crippen LogP contribution is 2.47. The topological polar surface area (TPSA) is 21.3 Å². The van der Waals surface area contributed by atoms with E-state index in [-0.39, 0.29) is 0 Å². The molecule has 3 heteroatoms. The van der Waals surface area contributed by atoms with Crippen LogP contribution in [0.3, 0.4) is 0 Å². The van der Waals surface area contributed by atoms with E-state index in [4.69, 9.17) is 4.42 Å². The van der Waals surface area contributed by atoms with Gasteiger partial charge in [-0.15, -0.1) is 0 Å². The SMILES string of the molecule is c1ccc(-n2c3ccccc3c3cc(N(c4ccc(C(c5ccccc5)(c5ccccc5)c5ccccc5)cc4)c4ccc5oc6ccccc6c5c4)ccc32)cc1. The molecule has 0 radical (unpaired) electrons. The minimum Gasteiger partial charge on any atom is -0.456 e. The number of furan rings is 1. The van der Waals surface area contributed by atoms with Gasteiger partial charge in [-0.3, -0.25) is 0 Å². The number of para-hydroxylation sites is 3. The van der Waals surface area contributed by atoms with Crippen LogP contribution in [-0.4, -0.2) is 4.57 Å². The molecule has 0 aliphatic rings. The van der Waals surface area contributed by atoms with Crippen molar-refractivity contribution in [1.82, 2.24) is 4.57 Å². The van der Waals surface area contributed by atoms with Crippen molar-refractivity contribution in [2.24, 2.45) is 0 Å². The molecular formula is C55H38N2O. The highest BCUT2D eigenvalue weighted by molar-refractivity contribution is 6.11. The van der Waals surface area contributed by atoms with E-state index in [2.05, 4.69) is 228 Å². The molecular weight excluding hydrogens is 705 g/mol. The second-order valence-electron chi connectivity index (χ2n) is 14.9. The van der Waals surface area contributed by atoms with Gasteiger partial charge in [-0.25, -0.2) is 0 Å². The molecule has 58 heavy (non-hydrogen) atoms. The lowest BCUT2D eigenvalue weighted by Crippen LogP contribution is -2.31. The van der Waals surface area contributed by atoms with E-state index in [0.717, 1.165) is 44.7 Å². The Bertz CT molecular complexity index is 3110. The molecule has 11 aromatic rings. The van der Waals surface area contributed by atoms with Crippen LogP contribution in [0.25, 0.3) is 49.4 Å². The van der Waals surface area contributed by atoms with Crippen LogP contribution in [0.4, 0.5) is 17.1 Å². The summed E-state index contributed by atoms with van der Waals surface area (Å²) in [5.74, 6) is 0. The predicted molar refractivity (Wildman–Crippen MR) is 241 cm³/mol. The number of aromatic nitrogens is 1. The Morgan fingerprint density at radius 2 is 0.776 bits per heavy atom. The molecule has 0 spiro atoms. The molecule has 0 saturated heterocycles. The minimum atomic E-state index is -0.542. The minimum absolute atomic E-state index is 0.542. The normalized spacial score (nSPS) is 11.8. The zero-order valence-electron chi connectivity index (χ0n) is 31.7. The van der Waals surface area contributed by atoms with Gasteiger partial charge in [0.1, 0.15) is 11.2 Å². The first-order valence-electron chi connectivity index (χ1n) is 19.8. The van der Waals surface area contributed by atoms with Gasteiger partial charge >= 0.3 is 0 Å². The lowest BCUT2D eigenvalue weighted by atomic mass is 9.65. The summed E-state index contributed by atoms with van der Waals surface area (Å²) in [6, 6.07) is 83.0. The first kappa shape index (κ1) is 33.7. The van der Waals surface area contributed by atoms with E-state index in [1.807, 2.05) is 12.1 Å². The van der Waals surface area contributed by atoms with Crippen molar-refractivity contribution in [3.8, 4) is 5.69 Å². The van der Waals surface area contributed by atoms with E-state index in [1.54, 1.807) is 0 Å². The second kappa shape index (κ2) is 13.8. The Balaban J connectivity index is 1.14. The van der Waals surface area contributed by atoms with Crippen LogP contribution >= 0.6 is 0 Å². The standard InChI is InChI=1S/C55H38N2O/c1-5-17-39(18-6-1)55(40-19-7-2-8-20-40,41-21-9-3-10-22-41)42-29-31-44(32-30-42)56(46-34-36-54-50(38-46)48-26-14-16-28-53(48)58-54)45-33-35-52-49(37-45)47-25-13-15-27-51(47)57(52)43-23-11-4-12-24-43/h1-38H. The van der Waals surface area contributed by atoms with Crippen molar-refractivity contribution in [2.75, 3.05) is 4.90 Å². The van der Waals surface area contributed by atoms with Crippen molar-refractivity contribution < 1.29 is 4.42 Å². The number of anilines is 3. The molecule has 0 N–H and O–H groups in total. The summed E-state index contributed by atoms with van der Waals surface area (Å²) in [7, 11) is 0. The Hall–Kier alpha value is -7.62. The number of hydrogen-bond donors (Lipinski definition) is 0. The van der Waals surface area contributed by atoms with Gasteiger partial charge in [0.15, 0.2) is 0 Å². The van der Waals surface area contributed by atoms with E-state index in [0.29, 0.717) is 0 Å². The second-order valence-corrected chi connectivity index (χ2v) is 14.9. The summed E-state index contributed by atoms with van der Waals surface area (Å²) in [5, 5.41) is 4.61. The number of nitrogens with zero attached hydrogens (tertiary/aromatic N) is 2. The summed E-state index contributed by atoms with van der Waals surface area (Å²) in [6.45, 7) is 0. The maximum Gasteiger partial charge on any atom is 0.135 e. The Labute approximate surface area is 337 Å². The molecule has 0 bridgehead atoms. The van der Waals surface area contributed by atoms with Crippen LogP contribution in [-0.2, 0) is 5.41 Å². The van der Waals surface area contributed by atoms with E-state index >= 15 is 0 Å². The highest BCUT2D eigenvalue weighted by Gasteiger charge is 2.38. The summed E-state index contributed by atoms with van der Waals surface area (Å²) in [6.07, 6.45) is 0. The fourth-order valence-corrected chi connectivity index (χ4v) is 9.18. The van der Waals surface area contributed by atoms with E-state index in [9.17, 15) is 0 Å². The fraction of sp³-hybridized carbons (Fsp3) is 0.0182. The quantitative estimate of drug-likeness (QED) is 0.145. The monoisotopic (exact) mass is 742 g/mol. The summed E-state index contributed by atoms with van der Waals surface area (Å²) in [4.78, 5) is 2.38. The molecule has 0 saturated carbocycles. The van der Waals surface area contributed by atoms with Crippen LogP contribution in [0.15, 0.2) is 235 Å². The van der Waals surface area contributed by atoms with Crippen molar-refractivity contribution >= 4 is 60.8 Å². The summed E-state index contributed by atoms with van der Waals surface area (Å²) >= 11 is 0. The van der Waals surface area contributed by atoms with Crippen molar-refractivity contribution in [3.05, 3.63) is 253 Å². The molecule has 0 fully saturated rings. The van der Waals surface area contributed by atoms with Gasteiger partial charge in [-0.05, 0) is 95.1 Å². The fourth-order valence-electron chi connectivity index (χ4n) is 9.18. The van der Waals surface area contributed by atoms with Crippen molar-refractivity contribution in [2.45, 2.75) is 5.41 Å². The molecule has 11 rings (SSSR count). The summed E-state index contributed by atoms with van der Waals surface area (Å²) in [5.41, 5.74) is 12.7. The lowest BCUT2D eigenvalue weighted by Gasteiger charge is -2.37. The number of fused-ring (bicyclic) bond motifs is 6. The van der Waals surface area contributed by atoms with Gasteiger partial charge in [0, 0.05) is 44.3 Å². The molecule has 9 aromatic carbocycles. The zero-order chi connectivity index (χ0) is 38.5. The molecule has 2 aromatic heterocycles. The molecule has 0 atom stereocenters. The maximum atomic E-state index is 6.31. The summed E-state index contributed by atoms with van der Waals surface area (Å²) < 4.78 is 8.68. The average molecular weight is 743 g/mol. The third-order valence-electron chi connectivity index (χ3n) is 11.7. The van der Waals surface area contributed by atoms with Crippen LogP contribution in [0.1, 0.15) is 22.3 Å². The predicted octanol–water partition coefficient (Wildman–Crippen LogP) is 14.5. The lowest BCUT2D eigenvalue weighted by molar-refractivity contribution is 0.669. The third kappa shape index (κ3) is 5.36. The maximum absolute atomic E-state index is 6.31. The van der Waals surface area contributed by atoms with Crippen LogP contribution in [0.5, 0.6) is 0 Å². The number of benzene rings is 9. The molecule has 3 nitrogen and oxygen atoms in total. The Morgan fingerprint density at radius 1 is 0.328 bits per heavy atom. The molecule has 0 unspecified atom stereocenters. The number of rotatable bonds is 8. The van der Waals surface area contributed by atoms with Crippen LogP contribution in [0, 0.1) is 0 Å². The molecule has 0 aliphatic heterocycles. The Kier molecular flexibility index (Phi) is 8.04. The first-order chi connectivity index (χ1) is 28.8. The van der Waals surface area contributed by atoms with Crippen LogP contribution in [0.2, 0.25) is 0 Å². The Morgan fingerprint density at radius 3 is 1.41 bits per heavy atom. The van der Waals surface area contributed by atoms with Gasteiger partial charge < -0.3 is 13.9 Å². The average Bonchev–Trinajstić information content (AvgIpc) is 3.84. The van der Waals surface area contributed by atoms with Gasteiger partial charge in [-0.2, -0.15) is 0 Å².